The zero-order valence-electron chi connectivity index (χ0n) is 10.5. The van der Waals surface area contributed by atoms with E-state index in [1.807, 2.05) is 24.6 Å². The van der Waals surface area contributed by atoms with E-state index >= 15 is 0 Å². The van der Waals surface area contributed by atoms with Gasteiger partial charge in [0.15, 0.2) is 5.13 Å². The van der Waals surface area contributed by atoms with Crippen LogP contribution in [0.2, 0.25) is 0 Å². The minimum absolute atomic E-state index is 0.789. The van der Waals surface area contributed by atoms with Crippen molar-refractivity contribution in [1.82, 2.24) is 10.3 Å². The van der Waals surface area contributed by atoms with Crippen molar-refractivity contribution in [3.63, 3.8) is 0 Å². The van der Waals surface area contributed by atoms with E-state index in [1.54, 1.807) is 0 Å². The zero-order chi connectivity index (χ0) is 11.7. The molecule has 2 unspecified atom stereocenters. The molecule has 0 aromatic carbocycles. The summed E-state index contributed by atoms with van der Waals surface area (Å²) in [7, 11) is 1.99. The van der Waals surface area contributed by atoms with Crippen molar-refractivity contribution < 1.29 is 0 Å². The quantitative estimate of drug-likeness (QED) is 0.895. The third-order valence-electron chi connectivity index (χ3n) is 4.15. The minimum atomic E-state index is 0.789. The zero-order valence-corrected chi connectivity index (χ0v) is 11.3. The van der Waals surface area contributed by atoms with E-state index in [0.29, 0.717) is 0 Å². The summed E-state index contributed by atoms with van der Waals surface area (Å²) < 4.78 is 0. The van der Waals surface area contributed by atoms with E-state index < -0.39 is 0 Å². The average molecular weight is 251 g/mol. The third kappa shape index (κ3) is 2.20. The molecule has 0 bridgehead atoms. The Kier molecular flexibility index (Phi) is 3.34. The molecule has 3 nitrogen and oxygen atoms in total. The van der Waals surface area contributed by atoms with E-state index in [1.165, 1.54) is 48.7 Å². The number of thiazole rings is 1. The molecule has 1 aromatic rings. The van der Waals surface area contributed by atoms with Gasteiger partial charge in [0.1, 0.15) is 0 Å². The highest BCUT2D eigenvalue weighted by Crippen LogP contribution is 2.39. The standard InChI is InChI=1S/C13H21N3S/c1-14-8-11-9-15-13(17-11)16-7-6-10-4-2-3-5-12(10)16/h9-10,12,14H,2-8H2,1H3. The van der Waals surface area contributed by atoms with Crippen LogP contribution >= 0.6 is 11.3 Å². The monoisotopic (exact) mass is 251 g/mol. The Morgan fingerprint density at radius 1 is 1.41 bits per heavy atom. The number of nitrogens with zero attached hydrogens (tertiary/aromatic N) is 2. The average Bonchev–Trinajstić information content (AvgIpc) is 2.95. The molecule has 1 N–H and O–H groups in total. The van der Waals surface area contributed by atoms with Gasteiger partial charge in [0.2, 0.25) is 0 Å². The number of nitrogens with one attached hydrogen (secondary N) is 1. The van der Waals surface area contributed by atoms with Crippen molar-refractivity contribution in [3.05, 3.63) is 11.1 Å². The summed E-state index contributed by atoms with van der Waals surface area (Å²) in [5, 5.41) is 4.45. The molecule has 2 aliphatic rings. The first kappa shape index (κ1) is 11.5. The van der Waals surface area contributed by atoms with Gasteiger partial charge in [0.25, 0.3) is 0 Å². The molecule has 0 radical (unpaired) electrons. The first-order valence-electron chi connectivity index (χ1n) is 6.74. The van der Waals surface area contributed by atoms with Crippen LogP contribution in [0.15, 0.2) is 6.20 Å². The molecular formula is C13H21N3S. The molecule has 17 heavy (non-hydrogen) atoms. The molecule has 0 amide bonds. The van der Waals surface area contributed by atoms with E-state index in [-0.39, 0.29) is 0 Å². The molecule has 94 valence electrons. The Bertz CT molecular complexity index is 376. The number of hydrogen-bond donors (Lipinski definition) is 1. The molecule has 1 aliphatic carbocycles. The van der Waals surface area contributed by atoms with Crippen molar-refractivity contribution in [2.75, 3.05) is 18.5 Å². The van der Waals surface area contributed by atoms with Crippen LogP contribution in [0.5, 0.6) is 0 Å². The van der Waals surface area contributed by atoms with Gasteiger partial charge in [-0.05, 0) is 32.2 Å². The lowest BCUT2D eigenvalue weighted by Gasteiger charge is -2.31. The van der Waals surface area contributed by atoms with E-state index in [9.17, 15) is 0 Å². The number of rotatable bonds is 3. The topological polar surface area (TPSA) is 28.2 Å². The maximum Gasteiger partial charge on any atom is 0.185 e. The minimum Gasteiger partial charge on any atom is -0.345 e. The van der Waals surface area contributed by atoms with Crippen molar-refractivity contribution in [2.45, 2.75) is 44.7 Å². The Labute approximate surface area is 107 Å². The molecular weight excluding hydrogens is 230 g/mol. The van der Waals surface area contributed by atoms with Gasteiger partial charge >= 0.3 is 0 Å². The highest BCUT2D eigenvalue weighted by atomic mass is 32.1. The van der Waals surface area contributed by atoms with Gasteiger partial charge in [-0.25, -0.2) is 4.98 Å². The third-order valence-corrected chi connectivity index (χ3v) is 5.18. The van der Waals surface area contributed by atoms with Crippen LogP contribution in [0, 0.1) is 5.92 Å². The number of fused-ring (bicyclic) bond motifs is 1. The largest absolute Gasteiger partial charge is 0.345 e. The van der Waals surface area contributed by atoms with Crippen LogP contribution in [-0.2, 0) is 6.54 Å². The molecule has 2 heterocycles. The van der Waals surface area contributed by atoms with Gasteiger partial charge in [-0.2, -0.15) is 0 Å². The van der Waals surface area contributed by atoms with Crippen LogP contribution in [0.25, 0.3) is 0 Å². The lowest BCUT2D eigenvalue weighted by atomic mass is 9.85. The smallest absolute Gasteiger partial charge is 0.185 e. The highest BCUT2D eigenvalue weighted by molar-refractivity contribution is 7.15. The summed E-state index contributed by atoms with van der Waals surface area (Å²) in [5.41, 5.74) is 0. The van der Waals surface area contributed by atoms with Gasteiger partial charge in [-0.3, -0.25) is 0 Å². The van der Waals surface area contributed by atoms with Crippen LogP contribution in [0.3, 0.4) is 0 Å². The fourth-order valence-electron chi connectivity index (χ4n) is 3.33. The number of aromatic nitrogens is 1. The summed E-state index contributed by atoms with van der Waals surface area (Å²) in [4.78, 5) is 8.54. The van der Waals surface area contributed by atoms with Gasteiger partial charge in [0, 0.05) is 30.2 Å². The normalized spacial score (nSPS) is 28.4. The van der Waals surface area contributed by atoms with E-state index in [0.717, 1.165) is 18.5 Å². The van der Waals surface area contributed by atoms with Crippen molar-refractivity contribution >= 4 is 16.5 Å². The van der Waals surface area contributed by atoms with Crippen LogP contribution in [0.1, 0.15) is 37.0 Å². The van der Waals surface area contributed by atoms with Crippen LogP contribution < -0.4 is 10.2 Å². The molecule has 1 aliphatic heterocycles. The summed E-state index contributed by atoms with van der Waals surface area (Å²) in [6, 6.07) is 0.789. The fraction of sp³-hybridized carbons (Fsp3) is 0.769. The summed E-state index contributed by atoms with van der Waals surface area (Å²) in [6.45, 7) is 2.17. The predicted molar refractivity (Wildman–Crippen MR) is 72.6 cm³/mol. The van der Waals surface area contributed by atoms with Crippen LogP contribution in [0.4, 0.5) is 5.13 Å². The second-order valence-electron chi connectivity index (χ2n) is 5.23. The molecule has 2 fully saturated rings. The Hall–Kier alpha value is -0.610. The van der Waals surface area contributed by atoms with Crippen molar-refractivity contribution in [1.29, 1.82) is 0 Å². The molecule has 4 heteroatoms. The Morgan fingerprint density at radius 2 is 2.29 bits per heavy atom. The first-order chi connectivity index (χ1) is 8.38. The summed E-state index contributed by atoms with van der Waals surface area (Å²) >= 11 is 1.86. The summed E-state index contributed by atoms with van der Waals surface area (Å²) in [5.74, 6) is 0.945. The van der Waals surface area contributed by atoms with Crippen LogP contribution in [-0.4, -0.2) is 24.6 Å². The molecule has 1 saturated heterocycles. The van der Waals surface area contributed by atoms with Crippen molar-refractivity contribution in [2.24, 2.45) is 5.92 Å². The molecule has 0 spiro atoms. The van der Waals surface area contributed by atoms with Gasteiger partial charge < -0.3 is 10.2 Å². The first-order valence-corrected chi connectivity index (χ1v) is 7.56. The van der Waals surface area contributed by atoms with Crippen molar-refractivity contribution in [3.8, 4) is 0 Å². The van der Waals surface area contributed by atoms with E-state index in [4.69, 9.17) is 0 Å². The lowest BCUT2D eigenvalue weighted by Crippen LogP contribution is -2.34. The fourth-order valence-corrected chi connectivity index (χ4v) is 4.34. The lowest BCUT2D eigenvalue weighted by molar-refractivity contribution is 0.342. The number of anilines is 1. The summed E-state index contributed by atoms with van der Waals surface area (Å²) in [6.07, 6.45) is 9.09. The maximum absolute atomic E-state index is 4.61. The van der Waals surface area contributed by atoms with Gasteiger partial charge in [0.05, 0.1) is 0 Å². The second-order valence-corrected chi connectivity index (χ2v) is 6.33. The van der Waals surface area contributed by atoms with Gasteiger partial charge in [-0.15, -0.1) is 11.3 Å². The Morgan fingerprint density at radius 3 is 3.18 bits per heavy atom. The van der Waals surface area contributed by atoms with E-state index in [2.05, 4.69) is 15.2 Å². The highest BCUT2D eigenvalue weighted by Gasteiger charge is 2.36. The molecule has 1 aromatic heterocycles. The molecule has 3 rings (SSSR count). The van der Waals surface area contributed by atoms with Gasteiger partial charge in [-0.1, -0.05) is 12.8 Å². The number of hydrogen-bond acceptors (Lipinski definition) is 4. The maximum atomic E-state index is 4.61. The Balaban J connectivity index is 1.74. The SMILES string of the molecule is CNCc1cnc(N2CCC3CCCCC32)s1. The molecule has 2 atom stereocenters. The second kappa shape index (κ2) is 4.94. The predicted octanol–water partition coefficient (Wildman–Crippen LogP) is 2.63. The molecule has 1 saturated carbocycles.